The van der Waals surface area contributed by atoms with Crippen LogP contribution in [0.3, 0.4) is 0 Å². The Bertz CT molecular complexity index is 1140. The van der Waals surface area contributed by atoms with E-state index in [1.165, 1.54) is 6.21 Å². The summed E-state index contributed by atoms with van der Waals surface area (Å²) in [7, 11) is 0. The standard InChI is InChI=1S/C20H16N4O/c1-2-12(9-21)17-11-24-20(22)19-16(17)8-18(25-19)15-5-3-4-13-10-23-7-6-14(13)15/h2-11,21H,1H3,(H2,22,24)/b12-2+,21-9?. The number of aromatic nitrogens is 2. The number of nitrogen functional groups attached to an aromatic ring is 1. The van der Waals surface area contributed by atoms with Crippen molar-refractivity contribution in [2.75, 3.05) is 5.73 Å². The third kappa shape index (κ3) is 2.37. The molecule has 3 aromatic heterocycles. The number of benzene rings is 1. The van der Waals surface area contributed by atoms with Crippen LogP contribution in [0.2, 0.25) is 0 Å². The van der Waals surface area contributed by atoms with Crippen LogP contribution in [-0.4, -0.2) is 16.2 Å². The molecule has 3 heterocycles. The number of nitrogens with two attached hydrogens (primary N) is 1. The van der Waals surface area contributed by atoms with Gasteiger partial charge >= 0.3 is 0 Å². The molecule has 0 atom stereocenters. The molecular weight excluding hydrogens is 312 g/mol. The third-order valence-corrected chi connectivity index (χ3v) is 4.31. The molecule has 0 aliphatic carbocycles. The maximum atomic E-state index is 7.62. The summed E-state index contributed by atoms with van der Waals surface area (Å²) in [5.74, 6) is 1.06. The van der Waals surface area contributed by atoms with Crippen LogP contribution < -0.4 is 5.73 Å². The van der Waals surface area contributed by atoms with Crippen molar-refractivity contribution in [2.24, 2.45) is 0 Å². The fourth-order valence-corrected chi connectivity index (χ4v) is 3.06. The van der Waals surface area contributed by atoms with E-state index in [1.807, 2.05) is 49.5 Å². The normalized spacial score (nSPS) is 12.0. The molecule has 1 aromatic carbocycles. The molecule has 25 heavy (non-hydrogen) atoms. The van der Waals surface area contributed by atoms with Crippen LogP contribution >= 0.6 is 0 Å². The zero-order chi connectivity index (χ0) is 17.4. The first-order chi connectivity index (χ1) is 12.2. The van der Waals surface area contributed by atoms with Gasteiger partial charge in [0.2, 0.25) is 0 Å². The molecule has 122 valence electrons. The van der Waals surface area contributed by atoms with Gasteiger partial charge in [0.25, 0.3) is 0 Å². The third-order valence-electron chi connectivity index (χ3n) is 4.31. The summed E-state index contributed by atoms with van der Waals surface area (Å²) in [5, 5.41) is 10.6. The van der Waals surface area contributed by atoms with Crippen molar-refractivity contribution in [3.63, 3.8) is 0 Å². The number of hydrogen-bond acceptors (Lipinski definition) is 5. The van der Waals surface area contributed by atoms with E-state index < -0.39 is 0 Å². The Morgan fingerprint density at radius 1 is 1.20 bits per heavy atom. The first-order valence-corrected chi connectivity index (χ1v) is 7.91. The van der Waals surface area contributed by atoms with Gasteiger partial charge in [-0.05, 0) is 30.0 Å². The smallest absolute Gasteiger partial charge is 0.177 e. The lowest BCUT2D eigenvalue weighted by Crippen LogP contribution is -1.94. The number of rotatable bonds is 3. The van der Waals surface area contributed by atoms with Crippen molar-refractivity contribution < 1.29 is 4.42 Å². The lowest BCUT2D eigenvalue weighted by molar-refractivity contribution is 0.632. The van der Waals surface area contributed by atoms with Crippen molar-refractivity contribution in [3.05, 3.63) is 60.6 Å². The minimum absolute atomic E-state index is 0.340. The van der Waals surface area contributed by atoms with Crippen LogP contribution in [0.25, 0.3) is 38.6 Å². The van der Waals surface area contributed by atoms with E-state index in [0.717, 1.165) is 32.9 Å². The molecular formula is C20H16N4O. The summed E-state index contributed by atoms with van der Waals surface area (Å²) in [6, 6.07) is 9.93. The number of hydrogen-bond donors (Lipinski definition) is 2. The Morgan fingerprint density at radius 3 is 2.88 bits per heavy atom. The molecule has 0 radical (unpaired) electrons. The Hall–Kier alpha value is -3.47. The van der Waals surface area contributed by atoms with Gasteiger partial charge in [-0.2, -0.15) is 0 Å². The van der Waals surface area contributed by atoms with E-state index in [1.54, 1.807) is 12.4 Å². The zero-order valence-electron chi connectivity index (χ0n) is 13.7. The Morgan fingerprint density at radius 2 is 2.08 bits per heavy atom. The van der Waals surface area contributed by atoms with E-state index >= 15 is 0 Å². The average Bonchev–Trinajstić information content (AvgIpc) is 3.10. The van der Waals surface area contributed by atoms with Gasteiger partial charge in [-0.3, -0.25) is 4.98 Å². The summed E-state index contributed by atoms with van der Waals surface area (Å²) >= 11 is 0. The molecule has 0 saturated heterocycles. The molecule has 5 heteroatoms. The molecule has 0 spiro atoms. The van der Waals surface area contributed by atoms with Crippen LogP contribution in [0.1, 0.15) is 12.5 Å². The molecule has 4 aromatic rings. The predicted molar refractivity (Wildman–Crippen MR) is 102 cm³/mol. The molecule has 0 unspecified atom stereocenters. The van der Waals surface area contributed by atoms with Gasteiger partial charge in [0.05, 0.1) is 0 Å². The molecule has 0 amide bonds. The van der Waals surface area contributed by atoms with Crippen LogP contribution in [0, 0.1) is 5.41 Å². The largest absolute Gasteiger partial charge is 0.452 e. The number of anilines is 1. The molecule has 3 N–H and O–H groups in total. The maximum absolute atomic E-state index is 7.62. The van der Waals surface area contributed by atoms with Crippen molar-refractivity contribution in [3.8, 4) is 11.3 Å². The topological polar surface area (TPSA) is 88.8 Å². The summed E-state index contributed by atoms with van der Waals surface area (Å²) in [5.41, 5.74) is 9.14. The van der Waals surface area contributed by atoms with Crippen molar-refractivity contribution in [2.45, 2.75) is 6.92 Å². The molecule has 0 fully saturated rings. The summed E-state index contributed by atoms with van der Waals surface area (Å²) in [4.78, 5) is 8.39. The number of furan rings is 1. The highest BCUT2D eigenvalue weighted by Crippen LogP contribution is 2.36. The van der Waals surface area contributed by atoms with Crippen LogP contribution in [0.4, 0.5) is 5.82 Å². The second-order valence-corrected chi connectivity index (χ2v) is 5.70. The van der Waals surface area contributed by atoms with Crippen molar-refractivity contribution in [1.82, 2.24) is 9.97 Å². The first-order valence-electron chi connectivity index (χ1n) is 7.91. The second kappa shape index (κ2) is 5.87. The first kappa shape index (κ1) is 15.1. The van der Waals surface area contributed by atoms with Crippen molar-refractivity contribution in [1.29, 1.82) is 5.41 Å². The van der Waals surface area contributed by atoms with Gasteiger partial charge in [0, 0.05) is 46.7 Å². The van der Waals surface area contributed by atoms with Crippen LogP contribution in [0.15, 0.2) is 59.4 Å². The number of nitrogens with one attached hydrogen (secondary N) is 1. The summed E-state index contributed by atoms with van der Waals surface area (Å²) in [6.45, 7) is 1.89. The van der Waals surface area contributed by atoms with Gasteiger partial charge in [0.15, 0.2) is 11.4 Å². The molecule has 0 aliphatic heterocycles. The highest BCUT2D eigenvalue weighted by atomic mass is 16.3. The van der Waals surface area contributed by atoms with E-state index in [9.17, 15) is 0 Å². The van der Waals surface area contributed by atoms with Crippen molar-refractivity contribution >= 4 is 39.3 Å². The Balaban J connectivity index is 2.02. The molecule has 0 bridgehead atoms. The Kier molecular flexibility index (Phi) is 3.54. The van der Waals surface area contributed by atoms with Crippen LogP contribution in [0.5, 0.6) is 0 Å². The zero-order valence-corrected chi connectivity index (χ0v) is 13.7. The lowest BCUT2D eigenvalue weighted by Gasteiger charge is -2.03. The monoisotopic (exact) mass is 328 g/mol. The van der Waals surface area contributed by atoms with Gasteiger partial charge in [0.1, 0.15) is 5.76 Å². The summed E-state index contributed by atoms with van der Waals surface area (Å²) in [6.07, 6.45) is 8.46. The highest BCUT2D eigenvalue weighted by molar-refractivity contribution is 6.14. The number of fused-ring (bicyclic) bond motifs is 2. The van der Waals surface area contributed by atoms with Gasteiger partial charge in [-0.15, -0.1) is 0 Å². The lowest BCUT2D eigenvalue weighted by atomic mass is 10.0. The average molecular weight is 328 g/mol. The molecule has 0 aliphatic rings. The quantitative estimate of drug-likeness (QED) is 0.534. The predicted octanol–water partition coefficient (Wildman–Crippen LogP) is 4.68. The van der Waals surface area contributed by atoms with E-state index in [2.05, 4.69) is 9.97 Å². The number of nitrogens with zero attached hydrogens (tertiary/aromatic N) is 2. The van der Waals surface area contributed by atoms with E-state index in [4.69, 9.17) is 15.6 Å². The molecule has 5 nitrogen and oxygen atoms in total. The minimum Gasteiger partial charge on any atom is -0.452 e. The SMILES string of the molecule is C/C=C(\C=N)c1cnc(N)c2oc(-c3cccc4cnccc34)cc12. The number of pyridine rings is 2. The van der Waals surface area contributed by atoms with Crippen LogP contribution in [-0.2, 0) is 0 Å². The van der Waals surface area contributed by atoms with E-state index in [-0.39, 0.29) is 0 Å². The Labute approximate surface area is 144 Å². The second-order valence-electron chi connectivity index (χ2n) is 5.70. The van der Waals surface area contributed by atoms with Gasteiger partial charge in [-0.1, -0.05) is 24.3 Å². The fraction of sp³-hybridized carbons (Fsp3) is 0.0500. The molecule has 0 saturated carbocycles. The van der Waals surface area contributed by atoms with E-state index in [0.29, 0.717) is 17.2 Å². The van der Waals surface area contributed by atoms with Gasteiger partial charge < -0.3 is 15.6 Å². The maximum Gasteiger partial charge on any atom is 0.177 e. The van der Waals surface area contributed by atoms with Gasteiger partial charge in [-0.25, -0.2) is 4.98 Å². The molecule has 4 rings (SSSR count). The number of allylic oxidation sites excluding steroid dienone is 2. The minimum atomic E-state index is 0.340. The summed E-state index contributed by atoms with van der Waals surface area (Å²) < 4.78 is 6.06. The fourth-order valence-electron chi connectivity index (χ4n) is 3.06. The highest BCUT2D eigenvalue weighted by Gasteiger charge is 2.16.